The summed E-state index contributed by atoms with van der Waals surface area (Å²) in [7, 11) is 0. The molecule has 0 aromatic heterocycles. The summed E-state index contributed by atoms with van der Waals surface area (Å²) >= 11 is 6.05. The summed E-state index contributed by atoms with van der Waals surface area (Å²) in [6.07, 6.45) is 1.76. The van der Waals surface area contributed by atoms with Gasteiger partial charge >= 0.3 is 0 Å². The maximum Gasteiger partial charge on any atom is 0.235 e. The second-order valence-electron chi connectivity index (χ2n) is 5.85. The highest BCUT2D eigenvalue weighted by Gasteiger charge is 2.51. The van der Waals surface area contributed by atoms with E-state index in [9.17, 15) is 4.79 Å². The van der Waals surface area contributed by atoms with E-state index in [1.807, 2.05) is 42.5 Å². The fraction of sp³-hybridized carbons (Fsp3) is 0.278. The van der Waals surface area contributed by atoms with Crippen LogP contribution in [-0.2, 0) is 10.2 Å². The minimum absolute atomic E-state index is 0.0630. The Morgan fingerprint density at radius 2 is 1.86 bits per heavy atom. The standard InChI is InChI=1S/C18H18ClNO/c1-12-6-7-16(10-13(12)2)20-17(21)18(8-9-18)14-4-3-5-15(19)11-14/h3-7,10-11H,8-9H2,1-2H3,(H,20,21). The Balaban J connectivity index is 1.83. The van der Waals surface area contributed by atoms with E-state index < -0.39 is 5.41 Å². The zero-order valence-electron chi connectivity index (χ0n) is 12.2. The van der Waals surface area contributed by atoms with Crippen molar-refractivity contribution in [1.29, 1.82) is 0 Å². The molecule has 2 aromatic carbocycles. The van der Waals surface area contributed by atoms with Crippen LogP contribution >= 0.6 is 11.6 Å². The van der Waals surface area contributed by atoms with Crippen LogP contribution in [0.2, 0.25) is 5.02 Å². The quantitative estimate of drug-likeness (QED) is 0.880. The van der Waals surface area contributed by atoms with Gasteiger partial charge in [-0.2, -0.15) is 0 Å². The van der Waals surface area contributed by atoms with Crippen LogP contribution in [0.3, 0.4) is 0 Å². The Hall–Kier alpha value is -1.80. The summed E-state index contributed by atoms with van der Waals surface area (Å²) in [5, 5.41) is 3.73. The van der Waals surface area contributed by atoms with Crippen molar-refractivity contribution in [3.8, 4) is 0 Å². The molecule has 0 bridgehead atoms. The first-order valence-electron chi connectivity index (χ1n) is 7.16. The van der Waals surface area contributed by atoms with Crippen LogP contribution in [0.15, 0.2) is 42.5 Å². The van der Waals surface area contributed by atoms with Gasteiger partial charge in [0.05, 0.1) is 5.41 Å². The monoisotopic (exact) mass is 299 g/mol. The molecule has 2 aromatic rings. The smallest absolute Gasteiger partial charge is 0.235 e. The first kappa shape index (κ1) is 14.2. The molecule has 0 atom stereocenters. The molecule has 0 unspecified atom stereocenters. The normalized spacial score (nSPS) is 15.6. The molecular weight excluding hydrogens is 282 g/mol. The van der Waals surface area contributed by atoms with E-state index in [1.165, 1.54) is 11.1 Å². The Morgan fingerprint density at radius 1 is 1.10 bits per heavy atom. The first-order chi connectivity index (χ1) is 10.0. The lowest BCUT2D eigenvalue weighted by molar-refractivity contribution is -0.118. The zero-order valence-corrected chi connectivity index (χ0v) is 13.0. The van der Waals surface area contributed by atoms with Crippen molar-refractivity contribution in [3.05, 3.63) is 64.2 Å². The van der Waals surface area contributed by atoms with Gasteiger partial charge in [0.25, 0.3) is 0 Å². The van der Waals surface area contributed by atoms with Gasteiger partial charge in [0.15, 0.2) is 0 Å². The average molecular weight is 300 g/mol. The molecular formula is C18H18ClNO. The van der Waals surface area contributed by atoms with Crippen LogP contribution in [0.25, 0.3) is 0 Å². The molecule has 1 N–H and O–H groups in total. The van der Waals surface area contributed by atoms with Crippen LogP contribution in [0.5, 0.6) is 0 Å². The Morgan fingerprint density at radius 3 is 2.48 bits per heavy atom. The van der Waals surface area contributed by atoms with Gasteiger partial charge in [0.1, 0.15) is 0 Å². The number of rotatable bonds is 3. The highest BCUT2D eigenvalue weighted by molar-refractivity contribution is 6.30. The van der Waals surface area contributed by atoms with Crippen molar-refractivity contribution < 1.29 is 4.79 Å². The average Bonchev–Trinajstić information content (AvgIpc) is 3.24. The molecule has 1 fully saturated rings. The summed E-state index contributed by atoms with van der Waals surface area (Å²) in [4.78, 5) is 12.7. The second-order valence-corrected chi connectivity index (χ2v) is 6.28. The third-order valence-electron chi connectivity index (χ3n) is 4.33. The fourth-order valence-corrected chi connectivity index (χ4v) is 2.82. The number of carbonyl (C=O) groups excluding carboxylic acids is 1. The van der Waals surface area contributed by atoms with Crippen LogP contribution in [-0.4, -0.2) is 5.91 Å². The van der Waals surface area contributed by atoms with Gasteiger partial charge in [-0.3, -0.25) is 4.79 Å². The Labute approximate surface area is 130 Å². The predicted molar refractivity (Wildman–Crippen MR) is 86.9 cm³/mol. The number of hydrogen-bond donors (Lipinski definition) is 1. The van der Waals surface area contributed by atoms with E-state index in [-0.39, 0.29) is 5.91 Å². The SMILES string of the molecule is Cc1ccc(NC(=O)C2(c3cccc(Cl)c3)CC2)cc1C. The van der Waals surface area contributed by atoms with E-state index in [2.05, 4.69) is 19.2 Å². The fourth-order valence-electron chi connectivity index (χ4n) is 2.63. The van der Waals surface area contributed by atoms with E-state index in [1.54, 1.807) is 0 Å². The molecule has 3 heteroatoms. The maximum atomic E-state index is 12.7. The van der Waals surface area contributed by atoms with Crippen molar-refractivity contribution >= 4 is 23.2 Å². The molecule has 2 nitrogen and oxygen atoms in total. The lowest BCUT2D eigenvalue weighted by atomic mass is 9.95. The largest absolute Gasteiger partial charge is 0.325 e. The van der Waals surface area contributed by atoms with Gasteiger partial charge in [-0.1, -0.05) is 29.8 Å². The lowest BCUT2D eigenvalue weighted by Gasteiger charge is -2.16. The molecule has 1 aliphatic rings. The van der Waals surface area contributed by atoms with Gasteiger partial charge in [0.2, 0.25) is 5.91 Å². The zero-order chi connectivity index (χ0) is 15.0. The van der Waals surface area contributed by atoms with Gasteiger partial charge < -0.3 is 5.32 Å². The highest BCUT2D eigenvalue weighted by atomic mass is 35.5. The van der Waals surface area contributed by atoms with Crippen molar-refractivity contribution in [2.75, 3.05) is 5.32 Å². The number of aryl methyl sites for hydroxylation is 2. The first-order valence-corrected chi connectivity index (χ1v) is 7.54. The van der Waals surface area contributed by atoms with Gasteiger partial charge in [-0.05, 0) is 67.6 Å². The molecule has 0 heterocycles. The molecule has 0 saturated heterocycles. The number of halogens is 1. The van der Waals surface area contributed by atoms with Crippen LogP contribution in [0.1, 0.15) is 29.5 Å². The third-order valence-corrected chi connectivity index (χ3v) is 4.56. The summed E-state index contributed by atoms with van der Waals surface area (Å²) in [5.41, 5.74) is 3.88. The number of benzene rings is 2. The number of carbonyl (C=O) groups is 1. The maximum absolute atomic E-state index is 12.7. The molecule has 0 radical (unpaired) electrons. The van der Waals surface area contributed by atoms with Crippen LogP contribution in [0.4, 0.5) is 5.69 Å². The van der Waals surface area contributed by atoms with Crippen LogP contribution < -0.4 is 5.32 Å². The molecule has 1 aliphatic carbocycles. The highest BCUT2D eigenvalue weighted by Crippen LogP contribution is 2.49. The Kier molecular flexibility index (Phi) is 3.50. The third kappa shape index (κ3) is 2.68. The summed E-state index contributed by atoms with van der Waals surface area (Å²) < 4.78 is 0. The number of nitrogens with one attached hydrogen (secondary N) is 1. The van der Waals surface area contributed by atoms with Crippen LogP contribution in [0, 0.1) is 13.8 Å². The second kappa shape index (κ2) is 5.19. The van der Waals surface area contributed by atoms with Gasteiger partial charge in [0, 0.05) is 10.7 Å². The van der Waals surface area contributed by atoms with E-state index in [4.69, 9.17) is 11.6 Å². The number of anilines is 1. The summed E-state index contributed by atoms with van der Waals surface area (Å²) in [5.74, 6) is 0.0630. The summed E-state index contributed by atoms with van der Waals surface area (Å²) in [6.45, 7) is 4.12. The Bertz CT molecular complexity index is 704. The van der Waals surface area contributed by atoms with Gasteiger partial charge in [-0.25, -0.2) is 0 Å². The molecule has 108 valence electrons. The molecule has 21 heavy (non-hydrogen) atoms. The van der Waals surface area contributed by atoms with Crippen molar-refractivity contribution in [1.82, 2.24) is 0 Å². The van der Waals surface area contributed by atoms with Gasteiger partial charge in [-0.15, -0.1) is 0 Å². The summed E-state index contributed by atoms with van der Waals surface area (Å²) in [6, 6.07) is 13.6. The van der Waals surface area contributed by atoms with E-state index >= 15 is 0 Å². The molecule has 0 spiro atoms. The van der Waals surface area contributed by atoms with Crippen molar-refractivity contribution in [3.63, 3.8) is 0 Å². The predicted octanol–water partition coefficient (Wildman–Crippen LogP) is 4.63. The molecule has 0 aliphatic heterocycles. The minimum atomic E-state index is -0.399. The molecule has 3 rings (SSSR count). The van der Waals surface area contributed by atoms with E-state index in [0.29, 0.717) is 5.02 Å². The van der Waals surface area contributed by atoms with Crippen molar-refractivity contribution in [2.45, 2.75) is 32.1 Å². The topological polar surface area (TPSA) is 29.1 Å². The number of hydrogen-bond acceptors (Lipinski definition) is 1. The molecule has 1 saturated carbocycles. The number of amides is 1. The van der Waals surface area contributed by atoms with Crippen molar-refractivity contribution in [2.24, 2.45) is 0 Å². The van der Waals surface area contributed by atoms with E-state index in [0.717, 1.165) is 24.1 Å². The molecule has 1 amide bonds. The minimum Gasteiger partial charge on any atom is -0.325 e. The lowest BCUT2D eigenvalue weighted by Crippen LogP contribution is -2.27.